The van der Waals surface area contributed by atoms with Gasteiger partial charge in [0.05, 0.1) is 32.5 Å². The number of rotatable bonds is 19. The van der Waals surface area contributed by atoms with E-state index in [1.54, 1.807) is 21.3 Å². The van der Waals surface area contributed by atoms with Gasteiger partial charge in [0.1, 0.15) is 0 Å². The standard InChI is InChI=1S/C33H58N2O7/c1-22(2)26(15-24-9-10-31(40-7)32(17-24)42-13-8-12-38-5)18-29(34)30(36)19-28(23(3)4)33(37)35-20-25-16-27(39-6)11-14-41-21-25/h9-10,17,22-23,25-30,36H,8,11-16,18-21,34H2,1-7H3,(H,35,37)/t25-,26?,27+,28?,29?,30?/m0/s1. The summed E-state index contributed by atoms with van der Waals surface area (Å²) in [5.41, 5.74) is 7.73. The van der Waals surface area contributed by atoms with Crippen LogP contribution in [0.25, 0.3) is 0 Å². The Morgan fingerprint density at radius 1 is 1.10 bits per heavy atom. The number of ether oxygens (including phenoxy) is 5. The normalized spacial score (nSPS) is 20.5. The number of benzene rings is 1. The van der Waals surface area contributed by atoms with Crippen LogP contribution in [0.15, 0.2) is 18.2 Å². The lowest BCUT2D eigenvalue weighted by molar-refractivity contribution is -0.128. The van der Waals surface area contributed by atoms with Crippen LogP contribution >= 0.6 is 0 Å². The van der Waals surface area contributed by atoms with Crippen molar-refractivity contribution in [2.75, 3.05) is 54.3 Å². The van der Waals surface area contributed by atoms with Gasteiger partial charge in [0.2, 0.25) is 5.91 Å². The van der Waals surface area contributed by atoms with E-state index < -0.39 is 12.1 Å². The smallest absolute Gasteiger partial charge is 0.223 e. The average Bonchev–Trinajstić information content (AvgIpc) is 3.21. The molecule has 4 N–H and O–H groups in total. The summed E-state index contributed by atoms with van der Waals surface area (Å²) in [6.45, 7) is 11.4. The Kier molecular flexibility index (Phi) is 16.7. The molecular formula is C33H58N2O7. The Morgan fingerprint density at radius 2 is 1.86 bits per heavy atom. The number of hydrogen-bond donors (Lipinski definition) is 3. The lowest BCUT2D eigenvalue weighted by atomic mass is 9.80. The van der Waals surface area contributed by atoms with Crippen LogP contribution in [0.2, 0.25) is 0 Å². The van der Waals surface area contributed by atoms with Gasteiger partial charge in [0.15, 0.2) is 11.5 Å². The maximum absolute atomic E-state index is 13.2. The molecule has 2 rings (SSSR count). The van der Waals surface area contributed by atoms with Gasteiger partial charge in [-0.25, -0.2) is 0 Å². The van der Waals surface area contributed by atoms with Crippen molar-refractivity contribution in [1.82, 2.24) is 5.32 Å². The minimum absolute atomic E-state index is 0.0360. The molecule has 1 amide bonds. The summed E-state index contributed by atoms with van der Waals surface area (Å²) in [4.78, 5) is 13.2. The molecule has 1 aromatic carbocycles. The number of amides is 1. The van der Waals surface area contributed by atoms with Gasteiger partial charge >= 0.3 is 0 Å². The first-order valence-electron chi connectivity index (χ1n) is 15.7. The third-order valence-corrected chi connectivity index (χ3v) is 8.56. The van der Waals surface area contributed by atoms with Crippen molar-refractivity contribution in [2.24, 2.45) is 35.3 Å². The van der Waals surface area contributed by atoms with Gasteiger partial charge in [0.25, 0.3) is 0 Å². The lowest BCUT2D eigenvalue weighted by Crippen LogP contribution is -2.43. The third-order valence-electron chi connectivity index (χ3n) is 8.56. The van der Waals surface area contributed by atoms with Crippen molar-refractivity contribution in [3.8, 4) is 11.5 Å². The summed E-state index contributed by atoms with van der Waals surface area (Å²) in [6, 6.07) is 5.60. The summed E-state index contributed by atoms with van der Waals surface area (Å²) in [6.07, 6.45) is 3.70. The summed E-state index contributed by atoms with van der Waals surface area (Å²) in [7, 11) is 5.05. The quantitative estimate of drug-likeness (QED) is 0.204. The Labute approximate surface area is 254 Å². The van der Waals surface area contributed by atoms with E-state index in [1.165, 1.54) is 0 Å². The first kappa shape index (κ1) is 36.3. The number of carbonyl (C=O) groups excluding carboxylic acids is 1. The second kappa shape index (κ2) is 19.4. The molecule has 9 heteroatoms. The van der Waals surface area contributed by atoms with Gasteiger partial charge in [-0.3, -0.25) is 4.79 Å². The van der Waals surface area contributed by atoms with Crippen molar-refractivity contribution in [2.45, 2.75) is 84.5 Å². The van der Waals surface area contributed by atoms with E-state index in [4.69, 9.17) is 29.4 Å². The van der Waals surface area contributed by atoms with Gasteiger partial charge < -0.3 is 39.8 Å². The Hall–Kier alpha value is -1.91. The molecule has 1 aromatic rings. The molecule has 0 aliphatic carbocycles. The van der Waals surface area contributed by atoms with Crippen molar-refractivity contribution in [3.05, 3.63) is 23.8 Å². The fourth-order valence-corrected chi connectivity index (χ4v) is 5.62. The highest BCUT2D eigenvalue weighted by Crippen LogP contribution is 2.32. The molecule has 0 aromatic heterocycles. The number of carbonyl (C=O) groups is 1. The monoisotopic (exact) mass is 594 g/mol. The van der Waals surface area contributed by atoms with Crippen molar-refractivity contribution < 1.29 is 33.6 Å². The molecule has 1 aliphatic heterocycles. The maximum Gasteiger partial charge on any atom is 0.223 e. The fraction of sp³-hybridized carbons (Fsp3) is 0.788. The third kappa shape index (κ3) is 12.4. The van der Waals surface area contributed by atoms with Crippen LogP contribution in [0, 0.1) is 29.6 Å². The molecule has 0 saturated carbocycles. The Bertz CT molecular complexity index is 897. The number of methoxy groups -OCH3 is 3. The van der Waals surface area contributed by atoms with E-state index in [9.17, 15) is 9.90 Å². The minimum atomic E-state index is -0.779. The van der Waals surface area contributed by atoms with Crippen LogP contribution in [0.5, 0.6) is 11.5 Å². The van der Waals surface area contributed by atoms with E-state index in [-0.39, 0.29) is 35.7 Å². The highest BCUT2D eigenvalue weighted by atomic mass is 16.5. The molecule has 1 aliphatic rings. The van der Waals surface area contributed by atoms with E-state index in [1.807, 2.05) is 26.0 Å². The van der Waals surface area contributed by atoms with Gasteiger partial charge in [0, 0.05) is 58.3 Å². The molecule has 1 saturated heterocycles. The van der Waals surface area contributed by atoms with Gasteiger partial charge in [-0.1, -0.05) is 33.8 Å². The van der Waals surface area contributed by atoms with E-state index in [0.29, 0.717) is 57.5 Å². The average molecular weight is 595 g/mol. The highest BCUT2D eigenvalue weighted by Gasteiger charge is 2.30. The molecule has 0 spiro atoms. The van der Waals surface area contributed by atoms with E-state index in [2.05, 4.69) is 25.2 Å². The topological polar surface area (TPSA) is 122 Å². The van der Waals surface area contributed by atoms with Crippen molar-refractivity contribution >= 4 is 5.91 Å². The van der Waals surface area contributed by atoms with Crippen LogP contribution < -0.4 is 20.5 Å². The van der Waals surface area contributed by atoms with Gasteiger partial charge in [-0.05, 0) is 67.6 Å². The number of nitrogens with one attached hydrogen (secondary N) is 1. The molecule has 42 heavy (non-hydrogen) atoms. The molecule has 1 heterocycles. The Balaban J connectivity index is 1.97. The molecule has 242 valence electrons. The predicted octanol–water partition coefficient (Wildman–Crippen LogP) is 4.22. The zero-order chi connectivity index (χ0) is 31.1. The summed E-state index contributed by atoms with van der Waals surface area (Å²) in [5.74, 6) is 1.95. The van der Waals surface area contributed by atoms with Crippen LogP contribution in [-0.2, 0) is 25.4 Å². The number of aliphatic hydroxyl groups excluding tert-OH is 1. The minimum Gasteiger partial charge on any atom is -0.493 e. The first-order chi connectivity index (χ1) is 20.1. The molecule has 0 bridgehead atoms. The zero-order valence-corrected chi connectivity index (χ0v) is 27.1. The molecular weight excluding hydrogens is 536 g/mol. The number of aliphatic hydroxyl groups is 1. The van der Waals surface area contributed by atoms with Crippen molar-refractivity contribution in [1.29, 1.82) is 0 Å². The summed E-state index contributed by atoms with van der Waals surface area (Å²) < 4.78 is 27.8. The first-order valence-corrected chi connectivity index (χ1v) is 15.7. The zero-order valence-electron chi connectivity index (χ0n) is 27.1. The van der Waals surface area contributed by atoms with Gasteiger partial charge in [-0.2, -0.15) is 0 Å². The lowest BCUT2D eigenvalue weighted by Gasteiger charge is -2.30. The maximum atomic E-state index is 13.2. The SMILES string of the molecule is COCCCOc1cc(CC(CC(N)C(O)CC(C(=O)NC[C@H]2COCC[C@@H](OC)C2)C(C)C)C(C)C)ccc1OC. The molecule has 1 fully saturated rings. The molecule has 9 nitrogen and oxygen atoms in total. The van der Waals surface area contributed by atoms with Crippen LogP contribution in [0.3, 0.4) is 0 Å². The van der Waals surface area contributed by atoms with Gasteiger partial charge in [-0.15, -0.1) is 0 Å². The second-order valence-corrected chi connectivity index (χ2v) is 12.5. The Morgan fingerprint density at radius 3 is 2.50 bits per heavy atom. The molecule has 0 radical (unpaired) electrons. The summed E-state index contributed by atoms with van der Waals surface area (Å²) in [5, 5.41) is 14.3. The second-order valence-electron chi connectivity index (χ2n) is 12.5. The summed E-state index contributed by atoms with van der Waals surface area (Å²) >= 11 is 0. The fourth-order valence-electron chi connectivity index (χ4n) is 5.62. The van der Waals surface area contributed by atoms with E-state index in [0.717, 1.165) is 37.0 Å². The van der Waals surface area contributed by atoms with Crippen molar-refractivity contribution in [3.63, 3.8) is 0 Å². The number of hydrogen-bond acceptors (Lipinski definition) is 8. The largest absolute Gasteiger partial charge is 0.493 e. The van der Waals surface area contributed by atoms with Crippen LogP contribution in [0.4, 0.5) is 0 Å². The molecule has 6 atom stereocenters. The number of nitrogens with two attached hydrogens (primary N) is 1. The van der Waals surface area contributed by atoms with E-state index >= 15 is 0 Å². The van der Waals surface area contributed by atoms with Crippen LogP contribution in [-0.4, -0.2) is 83.6 Å². The van der Waals surface area contributed by atoms with Crippen LogP contribution in [0.1, 0.15) is 65.4 Å². The highest BCUT2D eigenvalue weighted by molar-refractivity contribution is 5.78. The molecule has 4 unspecified atom stereocenters. The predicted molar refractivity (Wildman–Crippen MR) is 166 cm³/mol.